The molecular weight excluding hydrogens is 480 g/mol. The predicted octanol–water partition coefficient (Wildman–Crippen LogP) is 0.128. The monoisotopic (exact) mass is 512 g/mol. The molecule has 1 aromatic carbocycles. The van der Waals surface area contributed by atoms with Gasteiger partial charge in [0.1, 0.15) is 22.8 Å². The van der Waals surface area contributed by atoms with Gasteiger partial charge in [0.2, 0.25) is 5.78 Å². The topological polar surface area (TPSA) is 185 Å². The van der Waals surface area contributed by atoms with Gasteiger partial charge in [0.05, 0.1) is 17.3 Å². The zero-order chi connectivity index (χ0) is 26.8. The van der Waals surface area contributed by atoms with Gasteiger partial charge in [-0.05, 0) is 70.4 Å². The third-order valence-electron chi connectivity index (χ3n) is 8.29. The molecule has 0 spiro atoms. The Morgan fingerprint density at radius 1 is 1.16 bits per heavy atom. The Kier molecular flexibility index (Phi) is 6.05. The number of fused-ring (bicyclic) bond motifs is 3. The van der Waals surface area contributed by atoms with E-state index in [0.717, 1.165) is 25.9 Å². The highest BCUT2D eigenvalue weighted by molar-refractivity contribution is 6.24. The van der Waals surface area contributed by atoms with Crippen molar-refractivity contribution in [3.63, 3.8) is 0 Å². The zero-order valence-electron chi connectivity index (χ0n) is 20.7. The van der Waals surface area contributed by atoms with E-state index in [0.29, 0.717) is 11.3 Å². The van der Waals surface area contributed by atoms with E-state index in [-0.39, 0.29) is 35.8 Å². The highest BCUT2D eigenvalue weighted by atomic mass is 16.3. The van der Waals surface area contributed by atoms with Gasteiger partial charge in [0.15, 0.2) is 11.4 Å². The molecule has 4 aliphatic rings. The van der Waals surface area contributed by atoms with Crippen molar-refractivity contribution < 1.29 is 34.8 Å². The molecule has 198 valence electrons. The molecule has 4 unspecified atom stereocenters. The third-order valence-corrected chi connectivity index (χ3v) is 8.29. The summed E-state index contributed by atoms with van der Waals surface area (Å²) in [5.41, 5.74) is 2.88. The maximum Gasteiger partial charge on any atom is 0.255 e. The molecule has 0 radical (unpaired) electrons. The summed E-state index contributed by atoms with van der Waals surface area (Å²) in [6, 6.07) is 2.57. The molecule has 8 N–H and O–H groups in total. The summed E-state index contributed by atoms with van der Waals surface area (Å²) in [7, 11) is 3.14. The molecule has 4 atom stereocenters. The van der Waals surface area contributed by atoms with Crippen molar-refractivity contribution in [3.8, 4) is 5.75 Å². The normalized spacial score (nSPS) is 30.2. The molecule has 5 rings (SSSR count). The van der Waals surface area contributed by atoms with E-state index < -0.39 is 58.0 Å². The molecule has 1 amide bonds. The van der Waals surface area contributed by atoms with Crippen molar-refractivity contribution in [1.82, 2.24) is 10.2 Å². The van der Waals surface area contributed by atoms with E-state index in [1.165, 1.54) is 4.90 Å². The number of anilines is 1. The van der Waals surface area contributed by atoms with Crippen molar-refractivity contribution in [2.24, 2.45) is 17.6 Å². The van der Waals surface area contributed by atoms with Crippen LogP contribution in [0.25, 0.3) is 5.76 Å². The molecule has 11 nitrogen and oxygen atoms in total. The minimum atomic E-state index is -2.63. The molecule has 2 fully saturated rings. The number of rotatable bonds is 4. The number of carbonyl (C=O) groups excluding carboxylic acids is 3. The fourth-order valence-corrected chi connectivity index (χ4v) is 6.52. The Bertz CT molecular complexity index is 1260. The van der Waals surface area contributed by atoms with Crippen LogP contribution in [0.4, 0.5) is 5.69 Å². The van der Waals surface area contributed by atoms with Crippen LogP contribution in [0.3, 0.4) is 0 Å². The summed E-state index contributed by atoms with van der Waals surface area (Å²) in [4.78, 5) is 40.5. The lowest BCUT2D eigenvalue weighted by molar-refractivity contribution is -0.153. The first kappa shape index (κ1) is 25.2. The number of Topliss-reactive ketones (excluding diaryl/α,β-unsaturated/α-hetero) is 2. The number of aliphatic hydroxyl groups is 3. The number of hydrogen-bond acceptors (Lipinski definition) is 10. The number of nitrogens with zero attached hydrogens (tertiary/aromatic N) is 1. The maximum absolute atomic E-state index is 13.9. The van der Waals surface area contributed by atoms with Crippen LogP contribution in [0.1, 0.15) is 30.4 Å². The number of piperidine rings is 1. The van der Waals surface area contributed by atoms with Gasteiger partial charge in [-0.3, -0.25) is 19.3 Å². The van der Waals surface area contributed by atoms with Gasteiger partial charge in [-0.25, -0.2) is 0 Å². The van der Waals surface area contributed by atoms with E-state index >= 15 is 0 Å². The number of benzene rings is 1. The molecule has 11 heteroatoms. The van der Waals surface area contributed by atoms with Crippen LogP contribution in [0, 0.1) is 11.8 Å². The second kappa shape index (κ2) is 8.86. The standard InChI is InChI=1S/C26H32N4O7/c1-30(2)19-14-10-12-9-11-3-4-15(29-13-5-7-28-8-6-13)20(31)16(11)21(32)17(12)23(34)26(14,37)24(35)18(22(19)33)25(27)36/h3-4,12-14,19,28-29,31-32,35,37H,5-10H2,1-2H3,(H2,27,36). The first-order valence-corrected chi connectivity index (χ1v) is 12.4. The van der Waals surface area contributed by atoms with Gasteiger partial charge < -0.3 is 36.8 Å². The molecule has 1 aromatic rings. The van der Waals surface area contributed by atoms with Gasteiger partial charge in [-0.15, -0.1) is 0 Å². The van der Waals surface area contributed by atoms with Gasteiger partial charge in [-0.1, -0.05) is 6.07 Å². The maximum atomic E-state index is 13.9. The van der Waals surface area contributed by atoms with Crippen LogP contribution in [0.5, 0.6) is 5.75 Å². The quantitative estimate of drug-likeness (QED) is 0.216. The largest absolute Gasteiger partial charge is 0.508 e. The SMILES string of the molecule is CN(C)C1C(=O)C(C(N)=O)=C(O)C2(O)C(=O)C3=C(O)c4c(ccc(NC5CCNCC5)c4O)CC3CC12. The fraction of sp³-hybridized carbons (Fsp3) is 0.500. The minimum absolute atomic E-state index is 0.0710. The zero-order valence-corrected chi connectivity index (χ0v) is 20.7. The van der Waals surface area contributed by atoms with Crippen LogP contribution < -0.4 is 16.4 Å². The number of aromatic hydroxyl groups is 1. The smallest absolute Gasteiger partial charge is 0.255 e. The number of amides is 1. The van der Waals surface area contributed by atoms with Crippen molar-refractivity contribution in [3.05, 3.63) is 40.2 Å². The number of ketones is 2. The fourth-order valence-electron chi connectivity index (χ4n) is 6.52. The number of likely N-dealkylation sites (N-methyl/N-ethyl adjacent to an activating group) is 1. The second-order valence-corrected chi connectivity index (χ2v) is 10.6. The van der Waals surface area contributed by atoms with Crippen LogP contribution in [0.15, 0.2) is 29.0 Å². The average molecular weight is 513 g/mol. The number of carbonyl (C=O) groups is 3. The van der Waals surface area contributed by atoms with E-state index in [1.807, 2.05) is 0 Å². The molecule has 0 aromatic heterocycles. The van der Waals surface area contributed by atoms with Gasteiger partial charge in [-0.2, -0.15) is 0 Å². The van der Waals surface area contributed by atoms with Crippen LogP contribution >= 0.6 is 0 Å². The summed E-state index contributed by atoms with van der Waals surface area (Å²) in [5.74, 6) is -6.47. The number of phenols is 1. The molecule has 1 aliphatic heterocycles. The summed E-state index contributed by atoms with van der Waals surface area (Å²) in [6.07, 6.45) is 2.06. The number of nitrogens with one attached hydrogen (secondary N) is 2. The first-order valence-electron chi connectivity index (χ1n) is 12.4. The lowest BCUT2D eigenvalue weighted by atomic mass is 9.57. The lowest BCUT2D eigenvalue weighted by Gasteiger charge is -2.50. The van der Waals surface area contributed by atoms with Gasteiger partial charge in [0, 0.05) is 17.5 Å². The summed E-state index contributed by atoms with van der Waals surface area (Å²) >= 11 is 0. The summed E-state index contributed by atoms with van der Waals surface area (Å²) in [5, 5.41) is 51.5. The van der Waals surface area contributed by atoms with Crippen molar-refractivity contribution in [2.45, 2.75) is 43.4 Å². The highest BCUT2D eigenvalue weighted by Crippen LogP contribution is 2.53. The molecule has 3 aliphatic carbocycles. The molecule has 0 bridgehead atoms. The van der Waals surface area contributed by atoms with Crippen molar-refractivity contribution >= 4 is 28.9 Å². The van der Waals surface area contributed by atoms with Crippen LogP contribution in [-0.2, 0) is 20.8 Å². The van der Waals surface area contributed by atoms with E-state index in [1.54, 1.807) is 26.2 Å². The number of phenolic OH excluding ortho intramolecular Hbond substituents is 1. The van der Waals surface area contributed by atoms with Gasteiger partial charge >= 0.3 is 0 Å². The summed E-state index contributed by atoms with van der Waals surface area (Å²) in [6.45, 7) is 1.69. The minimum Gasteiger partial charge on any atom is -0.508 e. The van der Waals surface area contributed by atoms with Gasteiger partial charge in [0.25, 0.3) is 5.91 Å². The molecule has 1 heterocycles. The second-order valence-electron chi connectivity index (χ2n) is 10.6. The Morgan fingerprint density at radius 2 is 1.84 bits per heavy atom. The number of hydrogen-bond donors (Lipinski definition) is 7. The molecular formula is C26H32N4O7. The Hall–Kier alpha value is -3.41. The highest BCUT2D eigenvalue weighted by Gasteiger charge is 2.64. The number of nitrogens with two attached hydrogens (primary N) is 1. The summed E-state index contributed by atoms with van der Waals surface area (Å²) < 4.78 is 0. The molecule has 1 saturated heterocycles. The first-order chi connectivity index (χ1) is 17.5. The predicted molar refractivity (Wildman–Crippen MR) is 134 cm³/mol. The Balaban J connectivity index is 1.62. The molecule has 37 heavy (non-hydrogen) atoms. The Morgan fingerprint density at radius 3 is 2.46 bits per heavy atom. The average Bonchev–Trinajstić information content (AvgIpc) is 2.83. The number of primary amides is 1. The van der Waals surface area contributed by atoms with Crippen LogP contribution in [0.2, 0.25) is 0 Å². The molecule has 1 saturated carbocycles. The third kappa shape index (κ3) is 3.64. The van der Waals surface area contributed by atoms with E-state index in [2.05, 4.69) is 10.6 Å². The van der Waals surface area contributed by atoms with E-state index in [9.17, 15) is 34.8 Å². The van der Waals surface area contributed by atoms with Crippen molar-refractivity contribution in [1.29, 1.82) is 0 Å². The van der Waals surface area contributed by atoms with E-state index in [4.69, 9.17) is 5.73 Å². The Labute approximate surface area is 213 Å². The number of aliphatic hydroxyl groups excluding tert-OH is 2. The van der Waals surface area contributed by atoms with Crippen molar-refractivity contribution in [2.75, 3.05) is 32.5 Å². The lowest BCUT2D eigenvalue weighted by Crippen LogP contribution is -2.65. The van der Waals surface area contributed by atoms with Crippen LogP contribution in [-0.4, -0.2) is 87.7 Å².